The van der Waals surface area contributed by atoms with Crippen molar-refractivity contribution in [2.45, 2.75) is 44.8 Å². The number of ketones is 2. The third-order valence-corrected chi connectivity index (χ3v) is 6.10. The summed E-state index contributed by atoms with van der Waals surface area (Å²) in [6.45, 7) is 1.94. The van der Waals surface area contributed by atoms with Gasteiger partial charge in [0, 0.05) is 24.7 Å². The minimum absolute atomic E-state index is 0.000480. The fourth-order valence-electron chi connectivity index (χ4n) is 4.92. The van der Waals surface area contributed by atoms with Gasteiger partial charge in [0.15, 0.2) is 5.78 Å². The van der Waals surface area contributed by atoms with Gasteiger partial charge in [-0.05, 0) is 30.6 Å². The van der Waals surface area contributed by atoms with Crippen molar-refractivity contribution < 1.29 is 24.2 Å². The van der Waals surface area contributed by atoms with Crippen LogP contribution in [-0.2, 0) is 19.1 Å². The van der Waals surface area contributed by atoms with Gasteiger partial charge >= 0.3 is 5.97 Å². The van der Waals surface area contributed by atoms with Gasteiger partial charge < -0.3 is 9.84 Å². The molecule has 2 heterocycles. The van der Waals surface area contributed by atoms with Crippen LogP contribution in [0.1, 0.15) is 32.6 Å². The van der Waals surface area contributed by atoms with Crippen molar-refractivity contribution in [1.29, 1.82) is 0 Å². The van der Waals surface area contributed by atoms with Crippen LogP contribution in [0.5, 0.6) is 0 Å². The van der Waals surface area contributed by atoms with Crippen molar-refractivity contribution in [3.8, 4) is 0 Å². The quantitative estimate of drug-likeness (QED) is 0.414. The first-order chi connectivity index (χ1) is 11.4. The number of carbonyl (C=O) groups excluding carboxylic acids is 3. The second-order valence-electron chi connectivity index (χ2n) is 7.72. The van der Waals surface area contributed by atoms with Gasteiger partial charge in [0.2, 0.25) is 0 Å². The largest absolute Gasteiger partial charge is 0.458 e. The van der Waals surface area contributed by atoms with Gasteiger partial charge in [-0.3, -0.25) is 9.59 Å². The van der Waals surface area contributed by atoms with Crippen LogP contribution in [0.3, 0.4) is 0 Å². The van der Waals surface area contributed by atoms with Crippen molar-refractivity contribution in [3.63, 3.8) is 0 Å². The van der Waals surface area contributed by atoms with E-state index in [1.54, 1.807) is 6.08 Å². The molecule has 7 atom stereocenters. The SMILES string of the molecule is C[C@@H]1C[C@@H]2[C@H]3C=C4C(=O)C[C@@H](C[C@H](O)C[C@H]3C=C[C@@H]2C1=O)OC4=O. The van der Waals surface area contributed by atoms with Crippen molar-refractivity contribution in [2.75, 3.05) is 0 Å². The zero-order chi connectivity index (χ0) is 17.0. The first-order valence-corrected chi connectivity index (χ1v) is 8.80. The van der Waals surface area contributed by atoms with E-state index in [0.29, 0.717) is 12.8 Å². The molecule has 1 saturated heterocycles. The lowest BCUT2D eigenvalue weighted by atomic mass is 9.68. The van der Waals surface area contributed by atoms with E-state index in [1.165, 1.54) is 0 Å². The van der Waals surface area contributed by atoms with E-state index < -0.39 is 18.2 Å². The maximum Gasteiger partial charge on any atom is 0.341 e. The summed E-state index contributed by atoms with van der Waals surface area (Å²) in [6.07, 6.45) is 6.36. The van der Waals surface area contributed by atoms with Gasteiger partial charge in [-0.15, -0.1) is 0 Å². The third-order valence-electron chi connectivity index (χ3n) is 6.10. The van der Waals surface area contributed by atoms with Crippen LogP contribution in [0.4, 0.5) is 0 Å². The Labute approximate surface area is 140 Å². The van der Waals surface area contributed by atoms with E-state index in [9.17, 15) is 19.5 Å². The Morgan fingerprint density at radius 3 is 2.67 bits per heavy atom. The summed E-state index contributed by atoms with van der Waals surface area (Å²) in [5.74, 6) is -0.610. The summed E-state index contributed by atoms with van der Waals surface area (Å²) < 4.78 is 5.33. The Hall–Kier alpha value is -1.75. The fraction of sp³-hybridized carbons (Fsp3) is 0.632. The standard InChI is InChI=1S/C19H22O5/c1-9-4-15-13(18(9)22)3-2-10-5-11(20)6-12-7-17(21)16(8-14(10)15)19(23)24-12/h2-3,8-15,20H,4-7H2,1H3/t9-,10-,11-,12-,13+,14+,15+/m1/s1. The maximum absolute atomic E-state index is 12.4. The molecule has 1 saturated carbocycles. The number of allylic oxidation sites excluding steroid dienone is 3. The average Bonchev–Trinajstić information content (AvgIpc) is 2.79. The zero-order valence-electron chi connectivity index (χ0n) is 13.7. The number of esters is 1. The van der Waals surface area contributed by atoms with Crippen LogP contribution in [0.25, 0.3) is 0 Å². The van der Waals surface area contributed by atoms with E-state index in [-0.39, 0.29) is 53.1 Å². The predicted molar refractivity (Wildman–Crippen MR) is 84.7 cm³/mol. The summed E-state index contributed by atoms with van der Waals surface area (Å²) in [4.78, 5) is 37.0. The van der Waals surface area contributed by atoms with Gasteiger partial charge in [-0.25, -0.2) is 4.79 Å². The molecule has 0 radical (unpaired) electrons. The molecular formula is C19H22O5. The van der Waals surface area contributed by atoms with Gasteiger partial charge in [0.05, 0.1) is 11.7 Å². The summed E-state index contributed by atoms with van der Waals surface area (Å²) in [5.41, 5.74) is 0.138. The fourth-order valence-corrected chi connectivity index (χ4v) is 4.92. The highest BCUT2D eigenvalue weighted by atomic mass is 16.5. The summed E-state index contributed by atoms with van der Waals surface area (Å²) in [6, 6.07) is 0. The summed E-state index contributed by atoms with van der Waals surface area (Å²) >= 11 is 0. The van der Waals surface area contributed by atoms with Crippen LogP contribution in [0.15, 0.2) is 23.8 Å². The molecule has 2 aliphatic heterocycles. The van der Waals surface area contributed by atoms with E-state index in [2.05, 4.69) is 0 Å². The van der Waals surface area contributed by atoms with Crippen molar-refractivity contribution in [2.24, 2.45) is 29.6 Å². The molecule has 5 rings (SSSR count). The molecule has 0 aromatic rings. The molecule has 0 amide bonds. The highest BCUT2D eigenvalue weighted by molar-refractivity contribution is 6.18. The molecule has 3 aliphatic carbocycles. The number of hydrogen-bond acceptors (Lipinski definition) is 5. The molecule has 5 aliphatic rings. The molecule has 2 fully saturated rings. The molecule has 0 spiro atoms. The lowest BCUT2D eigenvalue weighted by Crippen LogP contribution is -2.39. The number of carbonyl (C=O) groups is 3. The third kappa shape index (κ3) is 2.46. The number of aliphatic hydroxyl groups is 1. The van der Waals surface area contributed by atoms with Crippen LogP contribution < -0.4 is 0 Å². The average molecular weight is 330 g/mol. The highest BCUT2D eigenvalue weighted by Gasteiger charge is 2.47. The van der Waals surface area contributed by atoms with Crippen LogP contribution in [0, 0.1) is 29.6 Å². The molecular weight excluding hydrogens is 308 g/mol. The van der Waals surface area contributed by atoms with E-state index in [1.807, 2.05) is 19.1 Å². The summed E-state index contributed by atoms with van der Waals surface area (Å²) in [5, 5.41) is 10.4. The topological polar surface area (TPSA) is 80.7 Å². The van der Waals surface area contributed by atoms with Gasteiger partial charge in [-0.1, -0.05) is 25.2 Å². The van der Waals surface area contributed by atoms with Crippen LogP contribution >= 0.6 is 0 Å². The molecule has 5 nitrogen and oxygen atoms in total. The Morgan fingerprint density at radius 2 is 1.92 bits per heavy atom. The van der Waals surface area contributed by atoms with E-state index >= 15 is 0 Å². The zero-order valence-corrected chi connectivity index (χ0v) is 13.7. The second kappa shape index (κ2) is 5.66. The monoisotopic (exact) mass is 330 g/mol. The Balaban J connectivity index is 1.77. The van der Waals surface area contributed by atoms with Crippen molar-refractivity contribution >= 4 is 17.5 Å². The number of Topliss-reactive ketones (excluding diaryl/α,β-unsaturated/α-hetero) is 2. The summed E-state index contributed by atoms with van der Waals surface area (Å²) in [7, 11) is 0. The van der Waals surface area contributed by atoms with Gasteiger partial charge in [0.25, 0.3) is 0 Å². The first kappa shape index (κ1) is 15.8. The molecule has 2 bridgehead atoms. The van der Waals surface area contributed by atoms with E-state index in [0.717, 1.165) is 6.42 Å². The maximum atomic E-state index is 12.4. The highest BCUT2D eigenvalue weighted by Crippen LogP contribution is 2.47. The molecule has 24 heavy (non-hydrogen) atoms. The molecule has 5 heteroatoms. The number of rotatable bonds is 0. The Bertz CT molecular complexity index is 641. The van der Waals surface area contributed by atoms with Gasteiger partial charge in [-0.2, -0.15) is 0 Å². The van der Waals surface area contributed by atoms with Gasteiger partial charge in [0.1, 0.15) is 11.9 Å². The number of hydrogen-bond donors (Lipinski definition) is 1. The molecule has 1 N–H and O–H groups in total. The minimum atomic E-state index is -0.619. The Morgan fingerprint density at radius 1 is 1.12 bits per heavy atom. The molecule has 0 aromatic heterocycles. The smallest absolute Gasteiger partial charge is 0.341 e. The van der Waals surface area contributed by atoms with Crippen molar-refractivity contribution in [1.82, 2.24) is 0 Å². The number of aliphatic hydroxyl groups excluding tert-OH is 1. The van der Waals surface area contributed by atoms with Crippen LogP contribution in [-0.4, -0.2) is 34.9 Å². The molecule has 0 unspecified atom stereocenters. The number of fused-ring (bicyclic) bond motifs is 5. The molecule has 0 aromatic carbocycles. The van der Waals surface area contributed by atoms with Crippen LogP contribution in [0.2, 0.25) is 0 Å². The minimum Gasteiger partial charge on any atom is -0.458 e. The second-order valence-corrected chi connectivity index (χ2v) is 7.72. The Kier molecular flexibility index (Phi) is 3.71. The predicted octanol–water partition coefficient (Wildman–Crippen LogP) is 1.60. The van der Waals surface area contributed by atoms with E-state index in [4.69, 9.17) is 4.74 Å². The normalized spacial score (nSPS) is 44.7. The molecule has 128 valence electrons. The van der Waals surface area contributed by atoms with Crippen molar-refractivity contribution in [3.05, 3.63) is 23.8 Å². The lowest BCUT2D eigenvalue weighted by molar-refractivity contribution is -0.153. The first-order valence-electron chi connectivity index (χ1n) is 8.80. The lowest BCUT2D eigenvalue weighted by Gasteiger charge is -2.37. The number of ether oxygens (including phenoxy) is 1.